The molecular weight excluding hydrogens is 466 g/mol. The first-order valence-corrected chi connectivity index (χ1v) is 12.1. The van der Waals surface area contributed by atoms with E-state index in [-0.39, 0.29) is 17.0 Å². The number of benzene rings is 2. The molecule has 0 saturated heterocycles. The molecule has 2 heterocycles. The fourth-order valence-corrected chi connectivity index (χ4v) is 4.77. The number of nitrogens with one attached hydrogen (secondary N) is 2. The van der Waals surface area contributed by atoms with E-state index >= 15 is 0 Å². The largest absolute Gasteiger partial charge is 0.507 e. The Morgan fingerprint density at radius 1 is 1.12 bits per heavy atom. The molecule has 0 spiro atoms. The third kappa shape index (κ3) is 4.50. The van der Waals surface area contributed by atoms with E-state index in [1.165, 1.54) is 12.3 Å². The lowest BCUT2D eigenvalue weighted by Gasteiger charge is -2.13. The molecule has 0 atom stereocenters. The van der Waals surface area contributed by atoms with E-state index in [0.717, 1.165) is 17.2 Å². The lowest BCUT2D eigenvalue weighted by atomic mass is 9.99. The molecule has 0 aliphatic carbocycles. The van der Waals surface area contributed by atoms with Crippen molar-refractivity contribution in [2.75, 3.05) is 10.5 Å². The fourth-order valence-electron chi connectivity index (χ4n) is 3.50. The van der Waals surface area contributed by atoms with Gasteiger partial charge in [0.15, 0.2) is 5.75 Å². The van der Waals surface area contributed by atoms with Crippen molar-refractivity contribution in [1.82, 2.24) is 9.97 Å². The third-order valence-electron chi connectivity index (χ3n) is 5.07. The zero-order valence-corrected chi connectivity index (χ0v) is 19.0. The Kier molecular flexibility index (Phi) is 6.01. The fraction of sp³-hybridized carbons (Fsp3) is 0.130. The molecule has 4 N–H and O–H groups in total. The van der Waals surface area contributed by atoms with E-state index in [1.807, 2.05) is 12.1 Å². The van der Waals surface area contributed by atoms with Crippen molar-refractivity contribution < 1.29 is 23.4 Å². The molecule has 0 aliphatic heterocycles. The molecule has 2 aromatic carbocycles. The van der Waals surface area contributed by atoms with Gasteiger partial charge in [0.1, 0.15) is 17.0 Å². The number of fused-ring (bicyclic) bond motifs is 1. The van der Waals surface area contributed by atoms with E-state index in [4.69, 9.17) is 11.6 Å². The van der Waals surface area contributed by atoms with Gasteiger partial charge in [-0.1, -0.05) is 30.7 Å². The molecule has 33 heavy (non-hydrogen) atoms. The number of carbonyl (C=O) groups is 1. The van der Waals surface area contributed by atoms with Crippen LogP contribution >= 0.6 is 11.6 Å². The lowest BCUT2D eigenvalue weighted by molar-refractivity contribution is 0.103. The summed E-state index contributed by atoms with van der Waals surface area (Å²) in [5.41, 5.74) is 1.57. The smallest absolute Gasteiger partial charge is 0.232 e. The Balaban J connectivity index is 1.78. The Bertz CT molecular complexity index is 1460. The summed E-state index contributed by atoms with van der Waals surface area (Å²) in [6.45, 7) is 1.70. The number of aromatic nitrogens is 2. The number of hydrogen-bond donors (Lipinski definition) is 4. The van der Waals surface area contributed by atoms with Crippen LogP contribution < -0.4 is 4.72 Å². The minimum absolute atomic E-state index is 0.155. The van der Waals surface area contributed by atoms with Crippen LogP contribution in [0.15, 0.2) is 54.9 Å². The van der Waals surface area contributed by atoms with Gasteiger partial charge in [0.05, 0.1) is 11.4 Å². The number of pyridine rings is 1. The van der Waals surface area contributed by atoms with Gasteiger partial charge in [0, 0.05) is 33.9 Å². The number of aromatic amines is 1. The van der Waals surface area contributed by atoms with Crippen LogP contribution in [-0.2, 0) is 10.0 Å². The minimum atomic E-state index is -3.72. The quantitative estimate of drug-likeness (QED) is 0.171. The van der Waals surface area contributed by atoms with Crippen molar-refractivity contribution in [3.8, 4) is 22.6 Å². The number of halogens is 1. The number of hydrogen-bond acceptors (Lipinski definition) is 6. The number of H-pyrrole nitrogens is 1. The zero-order chi connectivity index (χ0) is 23.8. The normalized spacial score (nSPS) is 11.6. The first-order chi connectivity index (χ1) is 15.7. The number of ketones is 1. The van der Waals surface area contributed by atoms with Gasteiger partial charge in [-0.3, -0.25) is 9.52 Å². The molecule has 0 fully saturated rings. The van der Waals surface area contributed by atoms with E-state index in [1.54, 1.807) is 31.3 Å². The second kappa shape index (κ2) is 8.76. The summed E-state index contributed by atoms with van der Waals surface area (Å²) in [6.07, 6.45) is 3.45. The van der Waals surface area contributed by atoms with Crippen LogP contribution in [0.3, 0.4) is 0 Å². The number of carbonyl (C=O) groups excluding carboxylic acids is 1. The molecule has 8 nitrogen and oxygen atoms in total. The summed E-state index contributed by atoms with van der Waals surface area (Å²) in [7, 11) is -3.72. The van der Waals surface area contributed by atoms with Crippen molar-refractivity contribution in [3.63, 3.8) is 0 Å². The number of aromatic hydroxyl groups is 2. The first kappa shape index (κ1) is 22.6. The Hall–Kier alpha value is -3.56. The molecule has 0 saturated carbocycles. The number of sulfonamides is 1. The molecule has 4 aromatic rings. The second-order valence-electron chi connectivity index (χ2n) is 7.44. The van der Waals surface area contributed by atoms with Crippen LogP contribution in [0, 0.1) is 0 Å². The van der Waals surface area contributed by atoms with Crippen LogP contribution in [0.2, 0.25) is 5.02 Å². The highest BCUT2D eigenvalue weighted by Crippen LogP contribution is 2.38. The average molecular weight is 486 g/mol. The number of anilines is 1. The molecule has 0 bridgehead atoms. The Morgan fingerprint density at radius 2 is 1.85 bits per heavy atom. The van der Waals surface area contributed by atoms with Crippen LogP contribution in [0.1, 0.15) is 29.3 Å². The molecule has 170 valence electrons. The van der Waals surface area contributed by atoms with Crippen molar-refractivity contribution >= 4 is 44.1 Å². The van der Waals surface area contributed by atoms with E-state index in [2.05, 4.69) is 14.7 Å². The molecule has 10 heteroatoms. The molecule has 0 unspecified atom stereocenters. The molecule has 2 aromatic heterocycles. The molecular formula is C23H20ClN3O5S. The van der Waals surface area contributed by atoms with E-state index < -0.39 is 32.9 Å². The monoisotopic (exact) mass is 485 g/mol. The summed E-state index contributed by atoms with van der Waals surface area (Å²) in [5.74, 6) is -1.98. The van der Waals surface area contributed by atoms with E-state index in [9.17, 15) is 23.4 Å². The number of phenols is 2. The van der Waals surface area contributed by atoms with Gasteiger partial charge < -0.3 is 15.2 Å². The summed E-state index contributed by atoms with van der Waals surface area (Å²) in [6, 6.07) is 11.2. The van der Waals surface area contributed by atoms with Crippen LogP contribution in [-0.4, -0.2) is 40.1 Å². The van der Waals surface area contributed by atoms with Gasteiger partial charge >= 0.3 is 0 Å². The van der Waals surface area contributed by atoms with Gasteiger partial charge in [-0.15, -0.1) is 0 Å². The highest BCUT2D eigenvalue weighted by molar-refractivity contribution is 7.92. The maximum Gasteiger partial charge on any atom is 0.232 e. The maximum atomic E-state index is 13.3. The minimum Gasteiger partial charge on any atom is -0.507 e. The first-order valence-electron chi connectivity index (χ1n) is 10.0. The second-order valence-corrected chi connectivity index (χ2v) is 9.71. The SMILES string of the molecule is CCCS(=O)(=O)Nc1ccc(O)c(C(=O)c2c[nH]c3ncc(-c4ccc(Cl)cc4)cc23)c1O. The van der Waals surface area contributed by atoms with Crippen LogP contribution in [0.5, 0.6) is 11.5 Å². The predicted octanol–water partition coefficient (Wildman–Crippen LogP) is 4.68. The number of nitrogens with zero attached hydrogens (tertiary/aromatic N) is 1. The van der Waals surface area contributed by atoms with Gasteiger partial charge in [0.2, 0.25) is 15.8 Å². The van der Waals surface area contributed by atoms with Crippen LogP contribution in [0.4, 0.5) is 5.69 Å². The van der Waals surface area contributed by atoms with Crippen molar-refractivity contribution in [2.45, 2.75) is 13.3 Å². The van der Waals surface area contributed by atoms with Crippen LogP contribution in [0.25, 0.3) is 22.2 Å². The molecule has 4 rings (SSSR count). The highest BCUT2D eigenvalue weighted by Gasteiger charge is 2.25. The number of phenolic OH excluding ortho intramolecular Hbond substituents is 2. The summed E-state index contributed by atoms with van der Waals surface area (Å²) in [5, 5.41) is 22.0. The molecule has 0 radical (unpaired) electrons. The van der Waals surface area contributed by atoms with Crippen molar-refractivity contribution in [2.24, 2.45) is 0 Å². The molecule has 0 amide bonds. The average Bonchev–Trinajstić information content (AvgIpc) is 3.19. The van der Waals surface area contributed by atoms with Crippen molar-refractivity contribution in [3.05, 3.63) is 71.0 Å². The summed E-state index contributed by atoms with van der Waals surface area (Å²) in [4.78, 5) is 20.6. The predicted molar refractivity (Wildman–Crippen MR) is 127 cm³/mol. The van der Waals surface area contributed by atoms with Gasteiger partial charge in [-0.25, -0.2) is 13.4 Å². The van der Waals surface area contributed by atoms with Gasteiger partial charge in [-0.05, 0) is 42.3 Å². The topological polar surface area (TPSA) is 132 Å². The summed E-state index contributed by atoms with van der Waals surface area (Å²) >= 11 is 5.96. The Labute approximate surface area is 194 Å². The van der Waals surface area contributed by atoms with E-state index in [0.29, 0.717) is 22.5 Å². The standard InChI is InChI=1S/C23H20ClN3O5S/c1-2-9-33(31,32)27-18-7-8-19(28)20(22(18)30)21(29)17-12-26-23-16(17)10-14(11-25-23)13-3-5-15(24)6-4-13/h3-8,10-12,27-28,30H,2,9H2,1H3,(H,25,26). The number of rotatable bonds is 7. The van der Waals surface area contributed by atoms with Gasteiger partial charge in [0.25, 0.3) is 0 Å². The molecule has 0 aliphatic rings. The lowest BCUT2D eigenvalue weighted by Crippen LogP contribution is -2.16. The van der Waals surface area contributed by atoms with Crippen molar-refractivity contribution in [1.29, 1.82) is 0 Å². The Morgan fingerprint density at radius 3 is 2.55 bits per heavy atom. The third-order valence-corrected chi connectivity index (χ3v) is 6.80. The summed E-state index contributed by atoms with van der Waals surface area (Å²) < 4.78 is 26.5. The zero-order valence-electron chi connectivity index (χ0n) is 17.5. The highest BCUT2D eigenvalue weighted by atomic mass is 35.5. The maximum absolute atomic E-state index is 13.3. The van der Waals surface area contributed by atoms with Gasteiger partial charge in [-0.2, -0.15) is 0 Å².